The van der Waals surface area contributed by atoms with Crippen LogP contribution in [0.4, 0.5) is 13.2 Å². The van der Waals surface area contributed by atoms with Crippen LogP contribution >= 0.6 is 15.9 Å². The number of halogens is 4. The van der Waals surface area contributed by atoms with Crippen LogP contribution in [-0.4, -0.2) is 23.2 Å². The molecule has 1 N–H and O–H groups in total. The minimum Gasteiger partial charge on any atom is -0.345 e. The van der Waals surface area contributed by atoms with Crippen molar-refractivity contribution in [1.82, 2.24) is 9.88 Å². The number of fused-ring (bicyclic) bond motifs is 1. The third kappa shape index (κ3) is 3.84. The number of hydrogen-bond acceptors (Lipinski definition) is 2. The van der Waals surface area contributed by atoms with Crippen molar-refractivity contribution in [3.8, 4) is 0 Å². The van der Waals surface area contributed by atoms with E-state index in [1.807, 2.05) is 0 Å². The number of pyridine rings is 1. The van der Waals surface area contributed by atoms with Crippen LogP contribution in [0.3, 0.4) is 0 Å². The maximum absolute atomic E-state index is 12.2. The van der Waals surface area contributed by atoms with Gasteiger partial charge in [0.2, 0.25) is 5.91 Å². The molecule has 1 aromatic carbocycles. The first-order valence-corrected chi connectivity index (χ1v) is 6.68. The fourth-order valence-corrected chi connectivity index (χ4v) is 2.37. The predicted octanol–water partition coefficient (Wildman–Crippen LogP) is 2.44. The van der Waals surface area contributed by atoms with Crippen LogP contribution in [0.15, 0.2) is 39.7 Å². The summed E-state index contributed by atoms with van der Waals surface area (Å²) in [6, 6.07) is 6.79. The zero-order valence-corrected chi connectivity index (χ0v) is 12.2. The molecule has 0 spiro atoms. The molecule has 1 aromatic heterocycles. The molecule has 8 heteroatoms. The highest BCUT2D eigenvalue weighted by Crippen LogP contribution is 2.19. The third-order valence-electron chi connectivity index (χ3n) is 2.75. The number of nitrogens with one attached hydrogen (secondary N) is 1. The summed E-state index contributed by atoms with van der Waals surface area (Å²) in [4.78, 5) is 23.7. The van der Waals surface area contributed by atoms with Crippen molar-refractivity contribution in [3.05, 3.63) is 45.3 Å². The highest BCUT2D eigenvalue weighted by Gasteiger charge is 2.27. The first-order chi connectivity index (χ1) is 9.78. The van der Waals surface area contributed by atoms with Crippen molar-refractivity contribution in [2.75, 3.05) is 6.54 Å². The van der Waals surface area contributed by atoms with Gasteiger partial charge in [-0.25, -0.2) is 0 Å². The summed E-state index contributed by atoms with van der Waals surface area (Å²) < 4.78 is 37.7. The summed E-state index contributed by atoms with van der Waals surface area (Å²) in [7, 11) is 0. The first-order valence-electron chi connectivity index (χ1n) is 5.89. The number of benzene rings is 1. The zero-order valence-electron chi connectivity index (χ0n) is 10.6. The van der Waals surface area contributed by atoms with Gasteiger partial charge in [-0.15, -0.1) is 0 Å². The van der Waals surface area contributed by atoms with Gasteiger partial charge in [-0.05, 0) is 33.4 Å². The molecular weight excluding hydrogens is 353 g/mol. The molecular formula is C13H10BrF3N2O2. The summed E-state index contributed by atoms with van der Waals surface area (Å²) in [5.74, 6) is -0.874. The van der Waals surface area contributed by atoms with E-state index in [4.69, 9.17) is 0 Å². The van der Waals surface area contributed by atoms with Gasteiger partial charge >= 0.3 is 6.18 Å². The Hall–Kier alpha value is -1.83. The first kappa shape index (κ1) is 15.6. The third-order valence-corrected chi connectivity index (χ3v) is 3.42. The van der Waals surface area contributed by atoms with E-state index in [-0.39, 0.29) is 0 Å². The molecule has 0 aliphatic heterocycles. The number of aromatic nitrogens is 1. The van der Waals surface area contributed by atoms with Gasteiger partial charge in [0.25, 0.3) is 5.56 Å². The second-order valence-corrected chi connectivity index (χ2v) is 5.20. The molecule has 0 saturated heterocycles. The molecule has 0 bridgehead atoms. The predicted molar refractivity (Wildman–Crippen MR) is 75.0 cm³/mol. The molecule has 2 aromatic rings. The number of hydrogen-bond donors (Lipinski definition) is 1. The average Bonchev–Trinajstić information content (AvgIpc) is 2.39. The zero-order chi connectivity index (χ0) is 15.6. The minimum atomic E-state index is -4.48. The van der Waals surface area contributed by atoms with Crippen LogP contribution in [0.2, 0.25) is 0 Å². The highest BCUT2D eigenvalue weighted by molar-refractivity contribution is 9.10. The quantitative estimate of drug-likeness (QED) is 0.911. The lowest BCUT2D eigenvalue weighted by Crippen LogP contribution is -2.37. The van der Waals surface area contributed by atoms with Crippen molar-refractivity contribution in [2.24, 2.45) is 0 Å². The Bertz CT molecular complexity index is 740. The number of carbonyl (C=O) groups excluding carboxylic acids is 1. The van der Waals surface area contributed by atoms with Crippen molar-refractivity contribution in [3.63, 3.8) is 0 Å². The van der Waals surface area contributed by atoms with Crippen molar-refractivity contribution < 1.29 is 18.0 Å². The lowest BCUT2D eigenvalue weighted by atomic mass is 10.2. The summed E-state index contributed by atoms with van der Waals surface area (Å²) in [5.41, 5.74) is -0.442. The van der Waals surface area contributed by atoms with E-state index >= 15 is 0 Å². The van der Waals surface area contributed by atoms with Crippen LogP contribution in [0, 0.1) is 0 Å². The number of alkyl halides is 3. The Morgan fingerprint density at radius 3 is 2.67 bits per heavy atom. The molecule has 0 radical (unpaired) electrons. The maximum atomic E-state index is 12.2. The molecule has 1 heterocycles. The molecule has 1 amide bonds. The molecule has 21 heavy (non-hydrogen) atoms. The monoisotopic (exact) mass is 362 g/mol. The summed E-state index contributed by atoms with van der Waals surface area (Å²) in [5, 5.41) is 2.79. The van der Waals surface area contributed by atoms with Crippen molar-refractivity contribution >= 4 is 32.6 Å². The number of nitrogens with zero attached hydrogens (tertiary/aromatic N) is 1. The van der Waals surface area contributed by atoms with E-state index in [0.717, 1.165) is 4.57 Å². The largest absolute Gasteiger partial charge is 0.405 e. The molecule has 0 aliphatic rings. The maximum Gasteiger partial charge on any atom is 0.405 e. The Labute approximate surface area is 125 Å². The van der Waals surface area contributed by atoms with E-state index in [2.05, 4.69) is 15.9 Å². The number of carbonyl (C=O) groups is 1. The second kappa shape index (κ2) is 5.88. The fourth-order valence-electron chi connectivity index (χ4n) is 1.82. The molecule has 2 rings (SSSR count). The van der Waals surface area contributed by atoms with Gasteiger partial charge in [-0.2, -0.15) is 13.2 Å². The summed E-state index contributed by atoms with van der Waals surface area (Å²) >= 11 is 3.24. The van der Waals surface area contributed by atoms with Crippen LogP contribution in [0.25, 0.3) is 10.8 Å². The number of amides is 1. The number of rotatable bonds is 3. The van der Waals surface area contributed by atoms with E-state index in [9.17, 15) is 22.8 Å². The van der Waals surface area contributed by atoms with E-state index in [0.29, 0.717) is 15.2 Å². The summed E-state index contributed by atoms with van der Waals surface area (Å²) in [6.45, 7) is -1.88. The standard InChI is InChI=1S/C13H10BrF3N2O2/c14-9-3-1-2-8-4-5-19(12(21)11(8)9)6-10(20)18-7-13(15,16)17/h1-5H,6-7H2,(H,18,20). The van der Waals surface area contributed by atoms with Gasteiger partial charge in [0.05, 0.1) is 5.39 Å². The molecule has 0 aliphatic carbocycles. The van der Waals surface area contributed by atoms with Crippen LogP contribution in [-0.2, 0) is 11.3 Å². The van der Waals surface area contributed by atoms with Crippen LogP contribution < -0.4 is 10.9 Å². The molecule has 112 valence electrons. The van der Waals surface area contributed by atoms with E-state index in [1.165, 1.54) is 6.20 Å². The summed E-state index contributed by atoms with van der Waals surface area (Å²) in [6.07, 6.45) is -3.10. The Morgan fingerprint density at radius 2 is 2.00 bits per heavy atom. The Morgan fingerprint density at radius 1 is 1.29 bits per heavy atom. The van der Waals surface area contributed by atoms with Crippen LogP contribution in [0.5, 0.6) is 0 Å². The molecule has 0 unspecified atom stereocenters. The van der Waals surface area contributed by atoms with Gasteiger partial charge in [-0.3, -0.25) is 9.59 Å². The fraction of sp³-hybridized carbons (Fsp3) is 0.231. The smallest absolute Gasteiger partial charge is 0.345 e. The minimum absolute atomic E-state index is 0.378. The van der Waals surface area contributed by atoms with E-state index in [1.54, 1.807) is 29.6 Å². The topological polar surface area (TPSA) is 51.1 Å². The molecule has 0 atom stereocenters. The lowest BCUT2D eigenvalue weighted by Gasteiger charge is -2.10. The van der Waals surface area contributed by atoms with Gasteiger partial charge in [0, 0.05) is 10.7 Å². The Balaban J connectivity index is 2.24. The van der Waals surface area contributed by atoms with Gasteiger partial charge < -0.3 is 9.88 Å². The van der Waals surface area contributed by atoms with Gasteiger partial charge in [0.1, 0.15) is 13.1 Å². The van der Waals surface area contributed by atoms with Crippen molar-refractivity contribution in [2.45, 2.75) is 12.7 Å². The Kier molecular flexibility index (Phi) is 4.36. The molecule has 0 fully saturated rings. The molecule has 4 nitrogen and oxygen atoms in total. The van der Waals surface area contributed by atoms with Gasteiger partial charge in [0.15, 0.2) is 0 Å². The highest BCUT2D eigenvalue weighted by atomic mass is 79.9. The van der Waals surface area contributed by atoms with Crippen molar-refractivity contribution in [1.29, 1.82) is 0 Å². The average molecular weight is 363 g/mol. The molecule has 0 saturated carbocycles. The normalized spacial score (nSPS) is 11.6. The lowest BCUT2D eigenvalue weighted by molar-refractivity contribution is -0.138. The van der Waals surface area contributed by atoms with E-state index < -0.39 is 30.7 Å². The van der Waals surface area contributed by atoms with Crippen LogP contribution in [0.1, 0.15) is 0 Å². The SMILES string of the molecule is O=C(Cn1ccc2cccc(Br)c2c1=O)NCC(F)(F)F. The second-order valence-electron chi connectivity index (χ2n) is 4.34. The van der Waals surface area contributed by atoms with Gasteiger partial charge in [-0.1, -0.05) is 12.1 Å².